The van der Waals surface area contributed by atoms with E-state index in [1.54, 1.807) is 32.9 Å². The number of hydrogen-bond acceptors (Lipinski definition) is 4. The van der Waals surface area contributed by atoms with E-state index in [4.69, 9.17) is 4.42 Å². The summed E-state index contributed by atoms with van der Waals surface area (Å²) in [6, 6.07) is 3.48. The lowest BCUT2D eigenvalue weighted by atomic mass is 10.2. The van der Waals surface area contributed by atoms with Gasteiger partial charge in [0.25, 0.3) is 0 Å². The molecule has 1 aliphatic heterocycles. The zero-order valence-electron chi connectivity index (χ0n) is 10.4. The van der Waals surface area contributed by atoms with Gasteiger partial charge in [-0.2, -0.15) is 0 Å². The molecule has 1 aromatic heterocycles. The van der Waals surface area contributed by atoms with Crippen molar-refractivity contribution >= 4 is 15.9 Å². The standard InChI is InChI=1S/C11H18N2O3S/c1-9-4-5-10(16-9)13-7-6-12-8-11(2,3)17(13,14)15/h4-5,12H,6-8H2,1-3H3. The minimum absolute atomic E-state index is 0.402. The van der Waals surface area contributed by atoms with Gasteiger partial charge in [-0.15, -0.1) is 0 Å². The molecule has 0 aliphatic carbocycles. The van der Waals surface area contributed by atoms with Crippen LogP contribution in [0.4, 0.5) is 5.88 Å². The molecule has 17 heavy (non-hydrogen) atoms. The normalized spacial score (nSPS) is 23.4. The molecular formula is C11H18N2O3S. The third-order valence-electron chi connectivity index (χ3n) is 3.00. The van der Waals surface area contributed by atoms with Gasteiger partial charge in [0.15, 0.2) is 0 Å². The van der Waals surface area contributed by atoms with Crippen LogP contribution in [0.25, 0.3) is 0 Å². The van der Waals surface area contributed by atoms with E-state index >= 15 is 0 Å². The highest BCUT2D eigenvalue weighted by Crippen LogP contribution is 2.28. The van der Waals surface area contributed by atoms with Gasteiger partial charge in [-0.3, -0.25) is 0 Å². The topological polar surface area (TPSA) is 62.6 Å². The molecule has 0 radical (unpaired) electrons. The maximum atomic E-state index is 12.5. The number of anilines is 1. The Balaban J connectivity index is 2.45. The van der Waals surface area contributed by atoms with E-state index in [9.17, 15) is 8.42 Å². The van der Waals surface area contributed by atoms with Crippen LogP contribution in [-0.4, -0.2) is 32.8 Å². The molecule has 0 spiro atoms. The number of rotatable bonds is 1. The van der Waals surface area contributed by atoms with Crippen LogP contribution in [0.15, 0.2) is 16.5 Å². The molecule has 0 bridgehead atoms. The fraction of sp³-hybridized carbons (Fsp3) is 0.636. The first-order valence-corrected chi connectivity index (χ1v) is 7.08. The van der Waals surface area contributed by atoms with Gasteiger partial charge in [-0.1, -0.05) is 0 Å². The SMILES string of the molecule is Cc1ccc(N2CCNCC(C)(C)S2(=O)=O)o1. The quantitative estimate of drug-likeness (QED) is 0.819. The largest absolute Gasteiger partial charge is 0.445 e. The van der Waals surface area contributed by atoms with E-state index < -0.39 is 14.8 Å². The van der Waals surface area contributed by atoms with Gasteiger partial charge in [0.1, 0.15) is 5.76 Å². The van der Waals surface area contributed by atoms with Crippen molar-refractivity contribution in [3.05, 3.63) is 17.9 Å². The minimum atomic E-state index is -3.40. The van der Waals surface area contributed by atoms with Crippen molar-refractivity contribution in [2.24, 2.45) is 0 Å². The summed E-state index contributed by atoms with van der Waals surface area (Å²) < 4.78 is 30.9. The number of hydrogen-bond donors (Lipinski definition) is 1. The first kappa shape index (κ1) is 12.4. The lowest BCUT2D eigenvalue weighted by Crippen LogP contribution is -2.46. The van der Waals surface area contributed by atoms with Crippen LogP contribution in [0.2, 0.25) is 0 Å². The van der Waals surface area contributed by atoms with Gasteiger partial charge in [0, 0.05) is 25.7 Å². The monoisotopic (exact) mass is 258 g/mol. The van der Waals surface area contributed by atoms with E-state index in [1.807, 2.05) is 0 Å². The maximum Gasteiger partial charge on any atom is 0.243 e. The van der Waals surface area contributed by atoms with Gasteiger partial charge in [0.2, 0.25) is 15.9 Å². The van der Waals surface area contributed by atoms with Gasteiger partial charge < -0.3 is 9.73 Å². The molecule has 1 aliphatic rings. The Bertz CT molecular complexity index is 505. The Labute approximate surface area is 102 Å². The molecule has 2 heterocycles. The summed E-state index contributed by atoms with van der Waals surface area (Å²) in [4.78, 5) is 0. The summed E-state index contributed by atoms with van der Waals surface area (Å²) in [6.07, 6.45) is 0. The van der Waals surface area contributed by atoms with E-state index in [0.717, 1.165) is 0 Å². The van der Waals surface area contributed by atoms with Crippen molar-refractivity contribution in [2.45, 2.75) is 25.5 Å². The lowest BCUT2D eigenvalue weighted by Gasteiger charge is -2.28. The second-order valence-corrected chi connectivity index (χ2v) is 7.39. The number of nitrogens with zero attached hydrogens (tertiary/aromatic N) is 1. The van der Waals surface area contributed by atoms with E-state index in [2.05, 4.69) is 5.32 Å². The second-order valence-electron chi connectivity index (χ2n) is 4.90. The van der Waals surface area contributed by atoms with Crippen LogP contribution in [-0.2, 0) is 10.0 Å². The molecule has 0 amide bonds. The molecule has 1 N–H and O–H groups in total. The Morgan fingerprint density at radius 1 is 1.41 bits per heavy atom. The molecule has 0 aromatic carbocycles. The molecule has 0 atom stereocenters. The van der Waals surface area contributed by atoms with E-state index in [1.165, 1.54) is 4.31 Å². The third-order valence-corrected chi connectivity index (χ3v) is 5.49. The molecule has 96 valence electrons. The summed E-state index contributed by atoms with van der Waals surface area (Å²) in [5.41, 5.74) is 0. The van der Waals surface area contributed by atoms with Gasteiger partial charge in [-0.05, 0) is 26.8 Å². The van der Waals surface area contributed by atoms with Gasteiger partial charge in [-0.25, -0.2) is 12.7 Å². The molecular weight excluding hydrogens is 240 g/mol. The highest BCUT2D eigenvalue weighted by Gasteiger charge is 2.41. The van der Waals surface area contributed by atoms with Gasteiger partial charge in [0.05, 0.1) is 4.75 Å². The van der Waals surface area contributed by atoms with Crippen molar-refractivity contribution in [1.82, 2.24) is 5.32 Å². The van der Waals surface area contributed by atoms with Crippen molar-refractivity contribution < 1.29 is 12.8 Å². The zero-order valence-corrected chi connectivity index (χ0v) is 11.2. The van der Waals surface area contributed by atoms with Crippen LogP contribution >= 0.6 is 0 Å². The molecule has 1 saturated heterocycles. The molecule has 6 heteroatoms. The number of sulfonamides is 1. The minimum Gasteiger partial charge on any atom is -0.445 e. The molecule has 1 aromatic rings. The summed E-state index contributed by atoms with van der Waals surface area (Å²) in [5.74, 6) is 1.12. The van der Waals surface area contributed by atoms with Crippen LogP contribution in [0.1, 0.15) is 19.6 Å². The summed E-state index contributed by atoms with van der Waals surface area (Å²) in [7, 11) is -3.40. The number of furan rings is 1. The Morgan fingerprint density at radius 2 is 2.12 bits per heavy atom. The summed E-state index contributed by atoms with van der Waals surface area (Å²) in [6.45, 7) is 6.73. The highest BCUT2D eigenvalue weighted by molar-refractivity contribution is 7.94. The first-order valence-electron chi connectivity index (χ1n) is 5.64. The fourth-order valence-electron chi connectivity index (χ4n) is 1.86. The predicted molar refractivity (Wildman–Crippen MR) is 66.7 cm³/mol. The predicted octanol–water partition coefficient (Wildman–Crippen LogP) is 1.11. The molecule has 0 saturated carbocycles. The second kappa shape index (κ2) is 4.03. The Kier molecular flexibility index (Phi) is 2.95. The van der Waals surface area contributed by atoms with E-state index in [0.29, 0.717) is 31.3 Å². The van der Waals surface area contributed by atoms with E-state index in [-0.39, 0.29) is 0 Å². The lowest BCUT2D eigenvalue weighted by molar-refractivity contribution is 0.519. The fourth-order valence-corrected chi connectivity index (χ4v) is 3.41. The average Bonchev–Trinajstić information content (AvgIpc) is 2.59. The third kappa shape index (κ3) is 2.07. The molecule has 5 nitrogen and oxygen atoms in total. The van der Waals surface area contributed by atoms with Crippen molar-refractivity contribution in [3.63, 3.8) is 0 Å². The zero-order chi connectivity index (χ0) is 12.7. The smallest absolute Gasteiger partial charge is 0.243 e. The average molecular weight is 258 g/mol. The van der Waals surface area contributed by atoms with Crippen LogP contribution in [0.5, 0.6) is 0 Å². The molecule has 1 fully saturated rings. The van der Waals surface area contributed by atoms with Crippen molar-refractivity contribution in [2.75, 3.05) is 23.9 Å². The van der Waals surface area contributed by atoms with Crippen molar-refractivity contribution in [1.29, 1.82) is 0 Å². The Hall–Kier alpha value is -1.01. The number of nitrogens with one attached hydrogen (secondary N) is 1. The summed E-state index contributed by atoms with van der Waals surface area (Å²) >= 11 is 0. The highest BCUT2D eigenvalue weighted by atomic mass is 32.2. The molecule has 0 unspecified atom stereocenters. The van der Waals surface area contributed by atoms with Gasteiger partial charge >= 0.3 is 0 Å². The first-order chi connectivity index (χ1) is 7.84. The Morgan fingerprint density at radius 3 is 2.71 bits per heavy atom. The van der Waals surface area contributed by atoms with Crippen LogP contribution in [0.3, 0.4) is 0 Å². The van der Waals surface area contributed by atoms with Crippen molar-refractivity contribution in [3.8, 4) is 0 Å². The number of aryl methyl sites for hydroxylation is 1. The van der Waals surface area contributed by atoms with Crippen LogP contribution < -0.4 is 9.62 Å². The summed E-state index contributed by atoms with van der Waals surface area (Å²) in [5, 5.41) is 3.14. The maximum absolute atomic E-state index is 12.5. The molecule has 2 rings (SSSR count). The van der Waals surface area contributed by atoms with Crippen LogP contribution in [0, 0.1) is 6.92 Å².